The van der Waals surface area contributed by atoms with Crippen molar-refractivity contribution in [3.05, 3.63) is 54.6 Å². The van der Waals surface area contributed by atoms with E-state index in [4.69, 9.17) is 10.5 Å². The predicted octanol–water partition coefficient (Wildman–Crippen LogP) is 3.25. The molecule has 28 heavy (non-hydrogen) atoms. The second-order valence-corrected chi connectivity index (χ2v) is 6.79. The third-order valence-electron chi connectivity index (χ3n) is 4.93. The topological polar surface area (TPSA) is 66.1 Å². The number of nitrogens with one attached hydrogen (secondary N) is 1. The summed E-state index contributed by atoms with van der Waals surface area (Å²) in [7, 11) is 1.65. The molecule has 1 saturated heterocycles. The fourth-order valence-corrected chi connectivity index (χ4v) is 3.29. The average molecular weight is 495 g/mol. The lowest BCUT2D eigenvalue weighted by molar-refractivity contribution is 0.201. The Morgan fingerprint density at radius 1 is 1.11 bits per heavy atom. The number of ether oxygens (including phenoxy) is 1. The van der Waals surface area contributed by atoms with E-state index in [0.29, 0.717) is 18.5 Å². The number of guanidine groups is 1. The highest BCUT2D eigenvalue weighted by atomic mass is 127. The molecule has 0 bridgehead atoms. The van der Waals surface area contributed by atoms with Gasteiger partial charge in [0.2, 0.25) is 0 Å². The molecule has 1 aliphatic rings. The molecule has 1 fully saturated rings. The van der Waals surface area contributed by atoms with E-state index in [-0.39, 0.29) is 24.0 Å². The molecule has 0 aliphatic carbocycles. The molecule has 1 unspecified atom stereocenters. The van der Waals surface area contributed by atoms with Crippen LogP contribution in [-0.2, 0) is 0 Å². The number of methoxy groups -OCH3 is 1. The number of anilines is 2. The van der Waals surface area contributed by atoms with Gasteiger partial charge in [-0.25, -0.2) is 0 Å². The van der Waals surface area contributed by atoms with Crippen molar-refractivity contribution in [2.45, 2.75) is 13.0 Å². The van der Waals surface area contributed by atoms with Crippen LogP contribution in [0.1, 0.15) is 6.92 Å². The van der Waals surface area contributed by atoms with E-state index in [1.807, 2.05) is 24.3 Å². The molecule has 7 heteroatoms. The summed E-state index contributed by atoms with van der Waals surface area (Å²) in [5, 5.41) is 3.12. The van der Waals surface area contributed by atoms with Crippen molar-refractivity contribution < 1.29 is 4.74 Å². The minimum Gasteiger partial charge on any atom is -0.497 e. The van der Waals surface area contributed by atoms with Gasteiger partial charge in [0, 0.05) is 49.7 Å². The van der Waals surface area contributed by atoms with Gasteiger partial charge in [-0.2, -0.15) is 0 Å². The zero-order valence-corrected chi connectivity index (χ0v) is 18.9. The molecule has 0 radical (unpaired) electrons. The van der Waals surface area contributed by atoms with Gasteiger partial charge in [0.05, 0.1) is 13.7 Å². The second kappa shape index (κ2) is 11.1. The summed E-state index contributed by atoms with van der Waals surface area (Å²) in [5.74, 6) is 1.22. The van der Waals surface area contributed by atoms with Gasteiger partial charge in [0.1, 0.15) is 5.75 Å². The standard InChI is InChI=1S/C21H29N5O.HI/c1-17(16-23-21(22)24-18-7-6-10-20(15-18)27-2)25-11-13-26(14-12-25)19-8-4-3-5-9-19;/h3-10,15,17H,11-14,16H2,1-2H3,(H3,22,23,24);1H. The molecular weight excluding hydrogens is 465 g/mol. The number of para-hydroxylation sites is 1. The lowest BCUT2D eigenvalue weighted by Crippen LogP contribution is -2.50. The highest BCUT2D eigenvalue weighted by Crippen LogP contribution is 2.17. The second-order valence-electron chi connectivity index (χ2n) is 6.79. The molecule has 2 aromatic rings. The number of piperazine rings is 1. The molecule has 0 spiro atoms. The van der Waals surface area contributed by atoms with E-state index in [1.54, 1.807) is 7.11 Å². The summed E-state index contributed by atoms with van der Waals surface area (Å²) >= 11 is 0. The molecule has 2 aromatic carbocycles. The maximum absolute atomic E-state index is 6.04. The minimum absolute atomic E-state index is 0. The van der Waals surface area contributed by atoms with Crippen LogP contribution in [0.2, 0.25) is 0 Å². The highest BCUT2D eigenvalue weighted by Gasteiger charge is 2.21. The Hall–Kier alpha value is -2.00. The molecule has 0 amide bonds. The van der Waals surface area contributed by atoms with E-state index < -0.39 is 0 Å². The monoisotopic (exact) mass is 495 g/mol. The third kappa shape index (κ3) is 6.27. The van der Waals surface area contributed by atoms with Gasteiger partial charge in [0.15, 0.2) is 5.96 Å². The van der Waals surface area contributed by atoms with Crippen LogP contribution in [0.5, 0.6) is 5.75 Å². The molecular formula is C21H30IN5O. The molecule has 152 valence electrons. The first-order valence-corrected chi connectivity index (χ1v) is 9.41. The molecule has 1 aliphatic heterocycles. The number of benzene rings is 2. The maximum Gasteiger partial charge on any atom is 0.193 e. The summed E-state index contributed by atoms with van der Waals surface area (Å²) in [5.41, 5.74) is 8.22. The first-order valence-electron chi connectivity index (χ1n) is 9.41. The first-order chi connectivity index (χ1) is 13.2. The summed E-state index contributed by atoms with van der Waals surface area (Å²) in [6, 6.07) is 18.6. The van der Waals surface area contributed by atoms with Gasteiger partial charge < -0.3 is 20.7 Å². The third-order valence-corrected chi connectivity index (χ3v) is 4.93. The molecule has 0 saturated carbocycles. The summed E-state index contributed by atoms with van der Waals surface area (Å²) < 4.78 is 5.22. The van der Waals surface area contributed by atoms with Crippen molar-refractivity contribution in [1.82, 2.24) is 4.90 Å². The quantitative estimate of drug-likeness (QED) is 0.366. The molecule has 0 aromatic heterocycles. The van der Waals surface area contributed by atoms with Crippen LogP contribution in [0, 0.1) is 0 Å². The lowest BCUT2D eigenvalue weighted by Gasteiger charge is -2.38. The van der Waals surface area contributed by atoms with Gasteiger partial charge in [-0.1, -0.05) is 24.3 Å². The van der Waals surface area contributed by atoms with Gasteiger partial charge in [-0.3, -0.25) is 9.89 Å². The molecule has 3 N–H and O–H groups in total. The van der Waals surface area contributed by atoms with Gasteiger partial charge >= 0.3 is 0 Å². The van der Waals surface area contributed by atoms with Gasteiger partial charge in [-0.05, 0) is 31.2 Å². The molecule has 1 atom stereocenters. The van der Waals surface area contributed by atoms with Crippen LogP contribution in [-0.4, -0.2) is 56.7 Å². The molecule has 3 rings (SSSR count). The van der Waals surface area contributed by atoms with E-state index in [1.165, 1.54) is 5.69 Å². The fraction of sp³-hybridized carbons (Fsp3) is 0.381. The highest BCUT2D eigenvalue weighted by molar-refractivity contribution is 14.0. The van der Waals surface area contributed by atoms with Crippen LogP contribution in [0.4, 0.5) is 11.4 Å². The summed E-state index contributed by atoms with van der Waals surface area (Å²) in [4.78, 5) is 9.42. The number of nitrogens with zero attached hydrogens (tertiary/aromatic N) is 3. The summed E-state index contributed by atoms with van der Waals surface area (Å²) in [6.07, 6.45) is 0. The lowest BCUT2D eigenvalue weighted by atomic mass is 10.2. The van der Waals surface area contributed by atoms with Crippen molar-refractivity contribution in [3.8, 4) is 5.75 Å². The Balaban J connectivity index is 0.00000280. The Labute approximate surface area is 184 Å². The minimum atomic E-state index is 0. The van der Waals surface area contributed by atoms with E-state index in [2.05, 4.69) is 57.4 Å². The Bertz CT molecular complexity index is 747. The zero-order chi connectivity index (χ0) is 19.1. The molecule has 1 heterocycles. The first kappa shape index (κ1) is 22.3. The van der Waals surface area contributed by atoms with E-state index in [9.17, 15) is 0 Å². The van der Waals surface area contributed by atoms with Crippen molar-refractivity contribution in [2.75, 3.05) is 50.1 Å². The van der Waals surface area contributed by atoms with Gasteiger partial charge in [-0.15, -0.1) is 24.0 Å². The van der Waals surface area contributed by atoms with E-state index in [0.717, 1.165) is 37.6 Å². The number of nitrogens with two attached hydrogens (primary N) is 1. The zero-order valence-electron chi connectivity index (χ0n) is 16.5. The predicted molar refractivity (Wildman–Crippen MR) is 128 cm³/mol. The summed E-state index contributed by atoms with van der Waals surface area (Å²) in [6.45, 7) is 7.03. The Morgan fingerprint density at radius 2 is 1.82 bits per heavy atom. The number of hydrogen-bond donors (Lipinski definition) is 2. The average Bonchev–Trinajstić information content (AvgIpc) is 2.73. The van der Waals surface area contributed by atoms with Crippen molar-refractivity contribution in [2.24, 2.45) is 10.7 Å². The SMILES string of the molecule is COc1cccc(NC(N)=NCC(C)N2CCN(c3ccccc3)CC2)c1.I. The number of rotatable bonds is 6. The van der Waals surface area contributed by atoms with Crippen LogP contribution in [0.25, 0.3) is 0 Å². The van der Waals surface area contributed by atoms with Crippen LogP contribution < -0.4 is 20.7 Å². The normalized spacial score (nSPS) is 16.2. The van der Waals surface area contributed by atoms with E-state index >= 15 is 0 Å². The number of hydrogen-bond acceptors (Lipinski definition) is 4. The maximum atomic E-state index is 6.04. The van der Waals surface area contributed by atoms with Crippen molar-refractivity contribution in [1.29, 1.82) is 0 Å². The van der Waals surface area contributed by atoms with Gasteiger partial charge in [0.25, 0.3) is 0 Å². The Morgan fingerprint density at radius 3 is 2.50 bits per heavy atom. The number of aliphatic imine (C=N–C) groups is 1. The van der Waals surface area contributed by atoms with Crippen molar-refractivity contribution in [3.63, 3.8) is 0 Å². The van der Waals surface area contributed by atoms with Crippen LogP contribution >= 0.6 is 24.0 Å². The largest absolute Gasteiger partial charge is 0.497 e. The van der Waals surface area contributed by atoms with Crippen LogP contribution in [0.3, 0.4) is 0 Å². The van der Waals surface area contributed by atoms with Crippen molar-refractivity contribution >= 4 is 41.3 Å². The number of halogens is 1. The van der Waals surface area contributed by atoms with Crippen LogP contribution in [0.15, 0.2) is 59.6 Å². The smallest absolute Gasteiger partial charge is 0.193 e. The fourth-order valence-electron chi connectivity index (χ4n) is 3.29. The Kier molecular flexibility index (Phi) is 8.85. The molecule has 6 nitrogen and oxygen atoms in total.